The largest absolute Gasteiger partial charge is 0.246 e. The average Bonchev–Trinajstić information content (AvgIpc) is 2.42. The summed E-state index contributed by atoms with van der Waals surface area (Å²) >= 11 is 9.60. The number of hydrogen-bond acceptors (Lipinski definition) is 0. The van der Waals surface area contributed by atoms with Crippen LogP contribution in [0.2, 0.25) is 0 Å². The highest BCUT2D eigenvalue weighted by Gasteiger charge is 2.04. The van der Waals surface area contributed by atoms with Gasteiger partial charge < -0.3 is 0 Å². The lowest BCUT2D eigenvalue weighted by Gasteiger charge is -2.00. The van der Waals surface area contributed by atoms with E-state index in [0.29, 0.717) is 4.47 Å². The monoisotopic (exact) mass is 454 g/mol. The maximum atomic E-state index is 12.7. The van der Waals surface area contributed by atoms with Crippen LogP contribution in [0.4, 0.5) is 8.78 Å². The molecule has 2 aromatic carbocycles. The van der Waals surface area contributed by atoms with Gasteiger partial charge in [-0.05, 0) is 68.1 Å². The number of halogens is 5. The highest BCUT2D eigenvalue weighted by atomic mass is 79.9. The first kappa shape index (κ1) is 16.8. The maximum absolute atomic E-state index is 12.7. The van der Waals surface area contributed by atoms with Gasteiger partial charge in [0.2, 0.25) is 0 Å². The normalized spacial score (nSPS) is 9.79. The lowest BCUT2D eigenvalue weighted by Crippen LogP contribution is -1.81. The molecule has 0 bridgehead atoms. The van der Waals surface area contributed by atoms with Crippen LogP contribution in [-0.4, -0.2) is 0 Å². The van der Waals surface area contributed by atoms with Crippen molar-refractivity contribution in [1.82, 2.24) is 0 Å². The molecule has 0 N–H and O–H groups in total. The Kier molecular flexibility index (Phi) is 7.18. The summed E-state index contributed by atoms with van der Waals surface area (Å²) in [6.07, 6.45) is 0. The molecule has 0 spiro atoms. The molecule has 0 saturated carbocycles. The predicted octanol–water partition coefficient (Wildman–Crippen LogP) is 6.58. The summed E-state index contributed by atoms with van der Waals surface area (Å²) in [5.41, 5.74) is 1.74. The third-order valence-corrected chi connectivity index (χ3v) is 5.15. The van der Waals surface area contributed by atoms with Gasteiger partial charge in [-0.15, -0.1) is 0 Å². The molecule has 2 rings (SSSR count). The Balaban J connectivity index is 0.000000191. The fourth-order valence-corrected chi connectivity index (χ4v) is 2.23. The minimum Gasteiger partial charge on any atom is -0.246 e. The van der Waals surface area contributed by atoms with Crippen molar-refractivity contribution in [2.45, 2.75) is 13.6 Å². The van der Waals surface area contributed by atoms with Crippen LogP contribution < -0.4 is 0 Å². The predicted molar refractivity (Wildman–Crippen MR) is 85.5 cm³/mol. The van der Waals surface area contributed by atoms with E-state index in [1.54, 1.807) is 18.2 Å². The van der Waals surface area contributed by atoms with E-state index in [1.165, 1.54) is 6.07 Å². The Labute approximate surface area is 136 Å². The van der Waals surface area contributed by atoms with Gasteiger partial charge in [0.1, 0.15) is 12.5 Å². The summed E-state index contributed by atoms with van der Waals surface area (Å²) in [5.74, 6) is -0.238. The summed E-state index contributed by atoms with van der Waals surface area (Å²) in [5, 5.41) is 0. The second kappa shape index (κ2) is 8.12. The molecule has 0 aliphatic heterocycles. The molecule has 0 atom stereocenters. The van der Waals surface area contributed by atoms with E-state index in [-0.39, 0.29) is 12.5 Å². The second-order valence-corrected chi connectivity index (χ2v) is 6.25. The molecule has 0 aromatic heterocycles. The summed E-state index contributed by atoms with van der Waals surface area (Å²) in [6.45, 7) is 1.53. The van der Waals surface area contributed by atoms with Gasteiger partial charge >= 0.3 is 0 Å². The quantitative estimate of drug-likeness (QED) is 0.425. The molecule has 0 radical (unpaired) electrons. The van der Waals surface area contributed by atoms with Crippen LogP contribution in [0.25, 0.3) is 0 Å². The summed E-state index contributed by atoms with van der Waals surface area (Å²) < 4.78 is 26.8. The number of hydrogen-bond donors (Lipinski definition) is 0. The van der Waals surface area contributed by atoms with Crippen LogP contribution in [0.5, 0.6) is 0 Å². The Bertz CT molecular complexity index is 512. The Morgan fingerprint density at radius 1 is 0.895 bits per heavy atom. The average molecular weight is 457 g/mol. The van der Waals surface area contributed by atoms with Crippen LogP contribution in [0.3, 0.4) is 0 Å². The topological polar surface area (TPSA) is 0 Å². The van der Waals surface area contributed by atoms with Crippen molar-refractivity contribution in [2.24, 2.45) is 0 Å². The summed E-state index contributed by atoms with van der Waals surface area (Å²) in [7, 11) is 0. The SMILES string of the molecule is Cc1ccc(F)c(Br)c1Br.FCc1ccc(Br)cc1. The van der Waals surface area contributed by atoms with Crippen LogP contribution in [0.15, 0.2) is 49.8 Å². The van der Waals surface area contributed by atoms with Crippen molar-refractivity contribution in [1.29, 1.82) is 0 Å². The third kappa shape index (κ3) is 5.32. The van der Waals surface area contributed by atoms with Crippen LogP contribution in [0.1, 0.15) is 11.1 Å². The minimum absolute atomic E-state index is 0.238. The molecule has 0 aliphatic carbocycles. The molecule has 0 nitrogen and oxygen atoms in total. The highest BCUT2D eigenvalue weighted by molar-refractivity contribution is 9.13. The van der Waals surface area contributed by atoms with E-state index >= 15 is 0 Å². The van der Waals surface area contributed by atoms with Crippen LogP contribution >= 0.6 is 47.8 Å². The zero-order chi connectivity index (χ0) is 14.4. The molecule has 19 heavy (non-hydrogen) atoms. The van der Waals surface area contributed by atoms with Crippen molar-refractivity contribution >= 4 is 47.8 Å². The Morgan fingerprint density at radius 3 is 1.95 bits per heavy atom. The molecule has 0 unspecified atom stereocenters. The molecule has 5 heteroatoms. The van der Waals surface area contributed by atoms with Gasteiger partial charge in [-0.3, -0.25) is 0 Å². The number of alkyl halides is 1. The van der Waals surface area contributed by atoms with Crippen molar-refractivity contribution < 1.29 is 8.78 Å². The zero-order valence-electron chi connectivity index (χ0n) is 10.1. The molecule has 0 aliphatic rings. The summed E-state index contributed by atoms with van der Waals surface area (Å²) in [6, 6.07) is 10.3. The van der Waals surface area contributed by atoms with Crippen molar-refractivity contribution in [3.8, 4) is 0 Å². The standard InChI is InChI=1S/C7H5Br2F.C7H6BrF/c1-4-2-3-5(10)7(9)6(4)8;8-7-3-1-6(5-9)2-4-7/h2-3H,1H3;1-4H,5H2. The number of aryl methyl sites for hydroxylation is 1. The van der Waals surface area contributed by atoms with Gasteiger partial charge in [-0.2, -0.15) is 0 Å². The van der Waals surface area contributed by atoms with E-state index in [1.807, 2.05) is 19.1 Å². The van der Waals surface area contributed by atoms with Gasteiger partial charge in [0.25, 0.3) is 0 Å². The zero-order valence-corrected chi connectivity index (χ0v) is 14.8. The second-order valence-electron chi connectivity index (χ2n) is 3.75. The first-order valence-electron chi connectivity index (χ1n) is 5.36. The molecule has 2 aromatic rings. The summed E-state index contributed by atoms with van der Waals surface area (Å²) in [4.78, 5) is 0. The van der Waals surface area contributed by atoms with Gasteiger partial charge in [-0.25, -0.2) is 8.78 Å². The van der Waals surface area contributed by atoms with Gasteiger partial charge in [0.05, 0.1) is 4.47 Å². The van der Waals surface area contributed by atoms with Gasteiger partial charge in [0.15, 0.2) is 0 Å². The lowest BCUT2D eigenvalue weighted by molar-refractivity contribution is 0.485. The van der Waals surface area contributed by atoms with E-state index in [9.17, 15) is 8.78 Å². The molecule has 0 fully saturated rings. The molecular formula is C14H11Br3F2. The third-order valence-electron chi connectivity index (χ3n) is 2.30. The molecular weight excluding hydrogens is 446 g/mol. The van der Waals surface area contributed by atoms with Gasteiger partial charge in [0, 0.05) is 8.95 Å². The Hall–Kier alpha value is -0.260. The maximum Gasteiger partial charge on any atom is 0.138 e. The Morgan fingerprint density at radius 2 is 1.47 bits per heavy atom. The van der Waals surface area contributed by atoms with Crippen LogP contribution in [-0.2, 0) is 6.67 Å². The molecule has 0 amide bonds. The molecule has 0 saturated heterocycles. The number of benzene rings is 2. The molecule has 0 heterocycles. The van der Waals surface area contributed by atoms with Gasteiger partial charge in [-0.1, -0.05) is 34.1 Å². The van der Waals surface area contributed by atoms with E-state index in [0.717, 1.165) is 20.1 Å². The van der Waals surface area contributed by atoms with E-state index in [2.05, 4.69) is 47.8 Å². The van der Waals surface area contributed by atoms with Crippen LogP contribution in [0, 0.1) is 12.7 Å². The van der Waals surface area contributed by atoms with Crippen molar-refractivity contribution in [3.63, 3.8) is 0 Å². The lowest BCUT2D eigenvalue weighted by atomic mass is 10.2. The fraction of sp³-hybridized carbons (Fsp3) is 0.143. The van der Waals surface area contributed by atoms with E-state index < -0.39 is 0 Å². The first-order chi connectivity index (χ1) is 8.95. The fourth-order valence-electron chi connectivity index (χ4n) is 1.20. The van der Waals surface area contributed by atoms with Crippen molar-refractivity contribution in [2.75, 3.05) is 0 Å². The minimum atomic E-state index is -0.382. The molecule has 102 valence electrons. The number of rotatable bonds is 1. The first-order valence-corrected chi connectivity index (χ1v) is 7.74. The smallest absolute Gasteiger partial charge is 0.138 e. The van der Waals surface area contributed by atoms with Crippen molar-refractivity contribution in [3.05, 3.63) is 66.8 Å². The highest BCUT2D eigenvalue weighted by Crippen LogP contribution is 2.28. The van der Waals surface area contributed by atoms with E-state index in [4.69, 9.17) is 0 Å².